The van der Waals surface area contributed by atoms with Crippen LogP contribution in [0.15, 0.2) is 54.6 Å². The van der Waals surface area contributed by atoms with Crippen molar-refractivity contribution in [3.8, 4) is 28.7 Å². The van der Waals surface area contributed by atoms with E-state index in [1.54, 1.807) is 24.3 Å². The maximum atomic E-state index is 12.6. The summed E-state index contributed by atoms with van der Waals surface area (Å²) >= 11 is 0. The lowest BCUT2D eigenvalue weighted by molar-refractivity contribution is 0.0223. The monoisotopic (exact) mass is 348 g/mol. The Morgan fingerprint density at radius 3 is 2.00 bits per heavy atom. The SMILES string of the molecule is O=C1OC2(c3ccc(O)cc3Oc3cc(O)ccc32)c2cccc(O)c21. The minimum Gasteiger partial charge on any atom is -0.508 e. The van der Waals surface area contributed by atoms with Crippen LogP contribution in [0.3, 0.4) is 0 Å². The third-order valence-electron chi connectivity index (χ3n) is 4.78. The molecule has 0 amide bonds. The number of carbonyl (C=O) groups excluding carboxylic acids is 1. The van der Waals surface area contributed by atoms with E-state index >= 15 is 0 Å². The van der Waals surface area contributed by atoms with Gasteiger partial charge in [-0.1, -0.05) is 12.1 Å². The highest BCUT2D eigenvalue weighted by Gasteiger charge is 2.54. The standard InChI is InChI=1S/C20H12O6/c21-10-4-6-12-16(8-10)25-17-9-11(22)5-7-13(17)20(12)14-2-1-3-15(23)18(14)19(24)26-20/h1-9,21-23H. The van der Waals surface area contributed by atoms with E-state index in [0.29, 0.717) is 28.2 Å². The van der Waals surface area contributed by atoms with Crippen LogP contribution in [0.4, 0.5) is 0 Å². The Kier molecular flexibility index (Phi) is 2.65. The molecule has 3 aromatic carbocycles. The lowest BCUT2D eigenvalue weighted by atomic mass is 9.77. The number of carbonyl (C=O) groups is 1. The molecule has 6 heteroatoms. The zero-order chi connectivity index (χ0) is 18.1. The summed E-state index contributed by atoms with van der Waals surface area (Å²) in [5.74, 6) is -0.250. The van der Waals surface area contributed by atoms with E-state index in [4.69, 9.17) is 9.47 Å². The molecule has 2 heterocycles. The number of benzene rings is 3. The first-order valence-corrected chi connectivity index (χ1v) is 7.91. The summed E-state index contributed by atoms with van der Waals surface area (Å²) in [6.45, 7) is 0. The van der Waals surface area contributed by atoms with Crippen LogP contribution >= 0.6 is 0 Å². The number of esters is 1. The quantitative estimate of drug-likeness (QED) is 0.539. The number of aromatic hydroxyl groups is 3. The molecule has 0 saturated heterocycles. The maximum absolute atomic E-state index is 12.6. The predicted molar refractivity (Wildman–Crippen MR) is 89.7 cm³/mol. The minimum atomic E-state index is -1.34. The molecule has 3 aromatic rings. The molecule has 2 aliphatic rings. The fourth-order valence-electron chi connectivity index (χ4n) is 3.73. The molecule has 0 fully saturated rings. The Balaban J connectivity index is 1.92. The highest BCUT2D eigenvalue weighted by atomic mass is 16.6. The number of hydrogen-bond acceptors (Lipinski definition) is 6. The molecule has 0 bridgehead atoms. The summed E-state index contributed by atoms with van der Waals surface area (Å²) in [7, 11) is 0. The van der Waals surface area contributed by atoms with Crippen molar-refractivity contribution in [3.05, 3.63) is 76.9 Å². The van der Waals surface area contributed by atoms with Crippen molar-refractivity contribution < 1.29 is 29.6 Å². The Morgan fingerprint density at radius 2 is 1.38 bits per heavy atom. The van der Waals surface area contributed by atoms with E-state index in [0.717, 1.165) is 0 Å². The van der Waals surface area contributed by atoms with Crippen molar-refractivity contribution in [2.24, 2.45) is 0 Å². The van der Waals surface area contributed by atoms with Gasteiger partial charge in [-0.3, -0.25) is 0 Å². The van der Waals surface area contributed by atoms with E-state index in [2.05, 4.69) is 0 Å². The van der Waals surface area contributed by atoms with Gasteiger partial charge < -0.3 is 24.8 Å². The predicted octanol–water partition coefficient (Wildman–Crippen LogP) is 3.37. The molecule has 0 radical (unpaired) electrons. The van der Waals surface area contributed by atoms with Gasteiger partial charge >= 0.3 is 5.97 Å². The summed E-state index contributed by atoms with van der Waals surface area (Å²) in [4.78, 5) is 12.6. The first-order chi connectivity index (χ1) is 12.5. The first kappa shape index (κ1) is 14.7. The molecule has 0 aromatic heterocycles. The Morgan fingerprint density at radius 1 is 0.769 bits per heavy atom. The second-order valence-electron chi connectivity index (χ2n) is 6.23. The van der Waals surface area contributed by atoms with E-state index in [9.17, 15) is 20.1 Å². The summed E-state index contributed by atoms with van der Waals surface area (Å²) in [6.07, 6.45) is 0. The zero-order valence-electron chi connectivity index (χ0n) is 13.3. The highest BCUT2D eigenvalue weighted by molar-refractivity contribution is 5.99. The zero-order valence-corrected chi connectivity index (χ0v) is 13.3. The van der Waals surface area contributed by atoms with E-state index in [1.807, 2.05) is 0 Å². The van der Waals surface area contributed by atoms with Gasteiger partial charge in [0.15, 0.2) is 5.60 Å². The Hall–Kier alpha value is -3.67. The van der Waals surface area contributed by atoms with Gasteiger partial charge in [0.1, 0.15) is 34.3 Å². The van der Waals surface area contributed by atoms with E-state index in [1.165, 1.54) is 30.3 Å². The van der Waals surface area contributed by atoms with Gasteiger partial charge in [-0.15, -0.1) is 0 Å². The largest absolute Gasteiger partial charge is 0.508 e. The molecule has 26 heavy (non-hydrogen) atoms. The van der Waals surface area contributed by atoms with Crippen molar-refractivity contribution in [2.75, 3.05) is 0 Å². The van der Waals surface area contributed by atoms with Gasteiger partial charge in [-0.25, -0.2) is 4.79 Å². The van der Waals surface area contributed by atoms with Crippen LogP contribution in [-0.2, 0) is 10.3 Å². The first-order valence-electron chi connectivity index (χ1n) is 7.91. The second-order valence-corrected chi connectivity index (χ2v) is 6.23. The van der Waals surface area contributed by atoms with Crippen LogP contribution in [0.2, 0.25) is 0 Å². The van der Waals surface area contributed by atoms with Gasteiger partial charge in [-0.05, 0) is 30.3 Å². The van der Waals surface area contributed by atoms with Crippen LogP contribution in [0.25, 0.3) is 0 Å². The highest BCUT2D eigenvalue weighted by Crippen LogP contribution is 2.57. The molecule has 1 spiro atoms. The summed E-state index contributed by atoms with van der Waals surface area (Å²) < 4.78 is 11.7. The number of fused-ring (bicyclic) bond motifs is 6. The molecule has 0 saturated carbocycles. The molecule has 2 aliphatic heterocycles. The molecular formula is C20H12O6. The number of rotatable bonds is 0. The van der Waals surface area contributed by atoms with Crippen molar-refractivity contribution in [3.63, 3.8) is 0 Å². The Labute approximate surface area is 147 Å². The molecule has 128 valence electrons. The van der Waals surface area contributed by atoms with Crippen molar-refractivity contribution >= 4 is 5.97 Å². The van der Waals surface area contributed by atoms with Crippen LogP contribution in [-0.4, -0.2) is 21.3 Å². The lowest BCUT2D eigenvalue weighted by Crippen LogP contribution is -2.32. The third-order valence-corrected chi connectivity index (χ3v) is 4.78. The van der Waals surface area contributed by atoms with E-state index < -0.39 is 11.6 Å². The average molecular weight is 348 g/mol. The average Bonchev–Trinajstić information content (AvgIpc) is 2.89. The van der Waals surface area contributed by atoms with Crippen molar-refractivity contribution in [1.82, 2.24) is 0 Å². The smallest absolute Gasteiger partial charge is 0.343 e. The lowest BCUT2D eigenvalue weighted by Gasteiger charge is -2.36. The van der Waals surface area contributed by atoms with Crippen molar-refractivity contribution in [2.45, 2.75) is 5.60 Å². The number of hydrogen-bond donors (Lipinski definition) is 3. The third kappa shape index (κ3) is 1.68. The van der Waals surface area contributed by atoms with Gasteiger partial charge in [0.2, 0.25) is 0 Å². The molecule has 0 atom stereocenters. The van der Waals surface area contributed by atoms with Crippen LogP contribution in [0.5, 0.6) is 28.7 Å². The molecule has 5 rings (SSSR count). The summed E-state index contributed by atoms with van der Waals surface area (Å²) in [5.41, 5.74) is 0.268. The number of phenols is 3. The van der Waals surface area contributed by atoms with Crippen LogP contribution in [0, 0.1) is 0 Å². The topological polar surface area (TPSA) is 96.2 Å². The fourth-order valence-corrected chi connectivity index (χ4v) is 3.73. The summed E-state index contributed by atoms with van der Waals surface area (Å²) in [5, 5.41) is 29.9. The van der Waals surface area contributed by atoms with Gasteiger partial charge in [0.05, 0.1) is 0 Å². The van der Waals surface area contributed by atoms with Gasteiger partial charge in [0.25, 0.3) is 0 Å². The van der Waals surface area contributed by atoms with Crippen LogP contribution < -0.4 is 4.74 Å². The molecule has 0 unspecified atom stereocenters. The number of phenolic OH excluding ortho intramolecular Hbond substituents is 3. The maximum Gasteiger partial charge on any atom is 0.343 e. The van der Waals surface area contributed by atoms with Crippen molar-refractivity contribution in [1.29, 1.82) is 0 Å². The fraction of sp³-hybridized carbons (Fsp3) is 0.0500. The second kappa shape index (κ2) is 4.70. The molecule has 3 N–H and O–H groups in total. The van der Waals surface area contributed by atoms with Gasteiger partial charge in [-0.2, -0.15) is 0 Å². The molecular weight excluding hydrogens is 336 g/mol. The molecule has 0 aliphatic carbocycles. The number of ether oxygens (including phenoxy) is 2. The molecule has 6 nitrogen and oxygen atoms in total. The normalized spacial score (nSPS) is 15.6. The Bertz CT molecular complexity index is 1050. The minimum absolute atomic E-state index is 0.0111. The van der Waals surface area contributed by atoms with E-state index in [-0.39, 0.29) is 22.8 Å². The van der Waals surface area contributed by atoms with Gasteiger partial charge in [0, 0.05) is 28.8 Å². The summed E-state index contributed by atoms with van der Waals surface area (Å²) in [6, 6.07) is 13.8. The van der Waals surface area contributed by atoms with Crippen LogP contribution in [0.1, 0.15) is 27.0 Å².